The lowest BCUT2D eigenvalue weighted by Crippen LogP contribution is -2.38. The third-order valence-corrected chi connectivity index (χ3v) is 3.77. The lowest BCUT2D eigenvalue weighted by molar-refractivity contribution is 0.0929. The van der Waals surface area contributed by atoms with Gasteiger partial charge in [-0.15, -0.1) is 0 Å². The summed E-state index contributed by atoms with van der Waals surface area (Å²) < 4.78 is 5.12. The van der Waals surface area contributed by atoms with Gasteiger partial charge in [0.15, 0.2) is 0 Å². The molecule has 0 aliphatic heterocycles. The number of hydrogen-bond donors (Lipinski definition) is 2. The topological polar surface area (TPSA) is 77.2 Å². The zero-order chi connectivity index (χ0) is 14.8. The van der Waals surface area contributed by atoms with E-state index in [1.54, 1.807) is 18.3 Å². The van der Waals surface area contributed by atoms with E-state index in [1.165, 1.54) is 12.7 Å². The number of hydrogen-bond acceptors (Lipinski definition) is 4. The minimum atomic E-state index is -0.225. The Bertz CT molecular complexity index is 672. The molecule has 2 unspecified atom stereocenters. The van der Waals surface area contributed by atoms with E-state index in [1.807, 2.05) is 24.3 Å². The lowest BCUT2D eigenvalue weighted by Gasteiger charge is -2.19. The highest BCUT2D eigenvalue weighted by molar-refractivity contribution is 5.96. The van der Waals surface area contributed by atoms with Gasteiger partial charge < -0.3 is 15.8 Å². The Morgan fingerprint density at radius 3 is 2.95 bits per heavy atom. The van der Waals surface area contributed by atoms with Crippen LogP contribution in [-0.2, 0) is 6.42 Å². The van der Waals surface area contributed by atoms with Crippen LogP contribution < -0.4 is 15.8 Å². The molecule has 0 radical (unpaired) electrons. The van der Waals surface area contributed by atoms with Gasteiger partial charge in [-0.1, -0.05) is 24.3 Å². The Morgan fingerprint density at radius 2 is 2.14 bits per heavy atom. The van der Waals surface area contributed by atoms with Crippen LogP contribution in [0.15, 0.2) is 42.6 Å². The Labute approximate surface area is 123 Å². The molecule has 3 N–H and O–H groups in total. The third kappa shape index (κ3) is 2.48. The van der Waals surface area contributed by atoms with Gasteiger partial charge in [-0.05, 0) is 29.7 Å². The molecule has 0 saturated carbocycles. The smallest absolute Gasteiger partial charge is 0.257 e. The normalized spacial score (nSPS) is 19.9. The number of rotatable bonds is 3. The predicted molar refractivity (Wildman–Crippen MR) is 79.1 cm³/mol. The van der Waals surface area contributed by atoms with Crippen LogP contribution in [0.25, 0.3) is 0 Å². The van der Waals surface area contributed by atoms with Gasteiger partial charge in [0.2, 0.25) is 5.88 Å². The molecular weight excluding hydrogens is 266 g/mol. The summed E-state index contributed by atoms with van der Waals surface area (Å²) in [7, 11) is 1.50. The number of amides is 1. The fourth-order valence-corrected chi connectivity index (χ4v) is 2.76. The average Bonchev–Trinajstić information content (AvgIpc) is 2.83. The molecule has 0 saturated heterocycles. The number of fused-ring (bicyclic) bond motifs is 1. The molecule has 0 fully saturated rings. The van der Waals surface area contributed by atoms with Crippen molar-refractivity contribution < 1.29 is 9.53 Å². The van der Waals surface area contributed by atoms with Crippen molar-refractivity contribution in [2.75, 3.05) is 7.11 Å². The van der Waals surface area contributed by atoms with Gasteiger partial charge in [0.25, 0.3) is 5.91 Å². The number of nitrogens with one attached hydrogen (secondary N) is 1. The average molecular weight is 283 g/mol. The van der Waals surface area contributed by atoms with E-state index in [0.717, 1.165) is 12.0 Å². The van der Waals surface area contributed by atoms with E-state index >= 15 is 0 Å². The molecule has 3 rings (SSSR count). The number of ether oxygens (including phenoxy) is 1. The van der Waals surface area contributed by atoms with Crippen LogP contribution in [0.1, 0.15) is 27.5 Å². The number of pyridine rings is 1. The van der Waals surface area contributed by atoms with Gasteiger partial charge in [-0.25, -0.2) is 4.98 Å². The van der Waals surface area contributed by atoms with Crippen LogP contribution in [0.5, 0.6) is 5.88 Å². The van der Waals surface area contributed by atoms with Gasteiger partial charge in [0.1, 0.15) is 5.56 Å². The SMILES string of the molecule is COc1ncccc1C(=O)NC1c2ccccc2CC1N. The summed E-state index contributed by atoms with van der Waals surface area (Å²) in [6, 6.07) is 11.1. The first-order valence-corrected chi connectivity index (χ1v) is 6.84. The highest BCUT2D eigenvalue weighted by atomic mass is 16.5. The number of aromatic nitrogens is 1. The van der Waals surface area contributed by atoms with Crippen molar-refractivity contribution in [2.24, 2.45) is 5.73 Å². The maximum atomic E-state index is 12.4. The molecule has 2 aromatic rings. The first kappa shape index (κ1) is 13.6. The van der Waals surface area contributed by atoms with Gasteiger partial charge in [0.05, 0.1) is 13.2 Å². The van der Waals surface area contributed by atoms with Crippen LogP contribution in [0.4, 0.5) is 0 Å². The molecule has 5 heteroatoms. The van der Waals surface area contributed by atoms with Crippen molar-refractivity contribution in [3.63, 3.8) is 0 Å². The first-order chi connectivity index (χ1) is 10.2. The molecular formula is C16H17N3O2. The molecule has 108 valence electrons. The van der Waals surface area contributed by atoms with Crippen LogP contribution in [0, 0.1) is 0 Å². The zero-order valence-electron chi connectivity index (χ0n) is 11.7. The Morgan fingerprint density at radius 1 is 1.33 bits per heavy atom. The molecule has 1 aliphatic carbocycles. The third-order valence-electron chi connectivity index (χ3n) is 3.77. The van der Waals surface area contributed by atoms with E-state index in [9.17, 15) is 4.79 Å². The number of carbonyl (C=O) groups excluding carboxylic acids is 1. The number of carbonyl (C=O) groups is 1. The second-order valence-corrected chi connectivity index (χ2v) is 5.08. The van der Waals surface area contributed by atoms with Crippen molar-refractivity contribution in [1.82, 2.24) is 10.3 Å². The Kier molecular flexibility index (Phi) is 3.58. The number of nitrogens with zero attached hydrogens (tertiary/aromatic N) is 1. The maximum Gasteiger partial charge on any atom is 0.257 e. The van der Waals surface area contributed by atoms with Crippen molar-refractivity contribution in [3.8, 4) is 5.88 Å². The van der Waals surface area contributed by atoms with Crippen molar-refractivity contribution in [3.05, 3.63) is 59.3 Å². The minimum absolute atomic E-state index is 0.117. The molecule has 1 heterocycles. The second-order valence-electron chi connectivity index (χ2n) is 5.08. The highest BCUT2D eigenvalue weighted by Crippen LogP contribution is 2.30. The van der Waals surface area contributed by atoms with E-state index in [-0.39, 0.29) is 18.0 Å². The van der Waals surface area contributed by atoms with Crippen molar-refractivity contribution in [1.29, 1.82) is 0 Å². The summed E-state index contributed by atoms with van der Waals surface area (Å²) in [5.74, 6) is 0.0898. The monoisotopic (exact) mass is 283 g/mol. The number of benzene rings is 1. The quantitative estimate of drug-likeness (QED) is 0.893. The molecule has 1 amide bonds. The molecule has 1 aliphatic rings. The van der Waals surface area contributed by atoms with Crippen LogP contribution in [0.3, 0.4) is 0 Å². The Hall–Kier alpha value is -2.40. The van der Waals surface area contributed by atoms with E-state index in [2.05, 4.69) is 10.3 Å². The zero-order valence-corrected chi connectivity index (χ0v) is 11.7. The van der Waals surface area contributed by atoms with Crippen molar-refractivity contribution in [2.45, 2.75) is 18.5 Å². The Balaban J connectivity index is 1.85. The fourth-order valence-electron chi connectivity index (χ4n) is 2.76. The molecule has 2 atom stereocenters. The predicted octanol–water partition coefficient (Wildman–Crippen LogP) is 1.44. The summed E-state index contributed by atoms with van der Waals surface area (Å²) in [5, 5.41) is 2.99. The van der Waals surface area contributed by atoms with Crippen molar-refractivity contribution >= 4 is 5.91 Å². The fraction of sp³-hybridized carbons (Fsp3) is 0.250. The van der Waals surface area contributed by atoms with Crippen LogP contribution in [-0.4, -0.2) is 24.0 Å². The maximum absolute atomic E-state index is 12.4. The van der Waals surface area contributed by atoms with Gasteiger partial charge in [-0.2, -0.15) is 0 Å². The second kappa shape index (κ2) is 5.54. The molecule has 1 aromatic heterocycles. The highest BCUT2D eigenvalue weighted by Gasteiger charge is 2.31. The summed E-state index contributed by atoms with van der Waals surface area (Å²) in [6.45, 7) is 0. The molecule has 0 bridgehead atoms. The summed E-state index contributed by atoms with van der Waals surface area (Å²) in [5.41, 5.74) is 8.85. The van der Waals surface area contributed by atoms with Crippen LogP contribution >= 0.6 is 0 Å². The lowest BCUT2D eigenvalue weighted by atomic mass is 10.1. The van der Waals surface area contributed by atoms with Gasteiger partial charge in [0, 0.05) is 12.2 Å². The van der Waals surface area contributed by atoms with E-state index < -0.39 is 0 Å². The van der Waals surface area contributed by atoms with E-state index in [0.29, 0.717) is 11.4 Å². The van der Waals surface area contributed by atoms with E-state index in [4.69, 9.17) is 10.5 Å². The standard InChI is InChI=1S/C16H17N3O2/c1-21-16-12(7-4-8-18-16)15(20)19-14-11-6-3-2-5-10(11)9-13(14)17/h2-8,13-14H,9,17H2,1H3,(H,19,20). The number of methoxy groups -OCH3 is 1. The van der Waals surface area contributed by atoms with Gasteiger partial charge >= 0.3 is 0 Å². The minimum Gasteiger partial charge on any atom is -0.480 e. The van der Waals surface area contributed by atoms with Crippen LogP contribution in [0.2, 0.25) is 0 Å². The molecule has 21 heavy (non-hydrogen) atoms. The molecule has 0 spiro atoms. The number of nitrogens with two attached hydrogens (primary N) is 1. The molecule has 1 aromatic carbocycles. The summed E-state index contributed by atoms with van der Waals surface area (Å²) in [4.78, 5) is 16.5. The first-order valence-electron chi connectivity index (χ1n) is 6.84. The van der Waals surface area contributed by atoms with Gasteiger partial charge in [-0.3, -0.25) is 4.79 Å². The summed E-state index contributed by atoms with van der Waals surface area (Å²) in [6.07, 6.45) is 2.36. The molecule has 5 nitrogen and oxygen atoms in total. The largest absolute Gasteiger partial charge is 0.480 e. The summed E-state index contributed by atoms with van der Waals surface area (Å²) >= 11 is 0.